The van der Waals surface area contributed by atoms with Gasteiger partial charge in [-0.25, -0.2) is 4.79 Å². The van der Waals surface area contributed by atoms with E-state index in [1.807, 2.05) is 24.3 Å². The minimum atomic E-state index is -4.40. The average Bonchev–Trinajstić information content (AvgIpc) is 2.72. The van der Waals surface area contributed by atoms with Crippen LogP contribution in [-0.4, -0.2) is 44.2 Å². The third kappa shape index (κ3) is 4.68. The van der Waals surface area contributed by atoms with Gasteiger partial charge in [0.2, 0.25) is 0 Å². The molecule has 0 radical (unpaired) electrons. The van der Waals surface area contributed by atoms with Crippen LogP contribution in [0.5, 0.6) is 5.75 Å². The van der Waals surface area contributed by atoms with E-state index in [2.05, 4.69) is 5.32 Å². The van der Waals surface area contributed by atoms with Gasteiger partial charge in [-0.3, -0.25) is 0 Å². The number of halogens is 3. The molecule has 1 aliphatic rings. The van der Waals surface area contributed by atoms with Crippen LogP contribution >= 0.6 is 0 Å². The number of amides is 2. The average molecular weight is 393 g/mol. The van der Waals surface area contributed by atoms with Crippen LogP contribution in [0.2, 0.25) is 0 Å². The summed E-state index contributed by atoms with van der Waals surface area (Å²) in [5.74, 6) is 0.741. The summed E-state index contributed by atoms with van der Waals surface area (Å²) in [5, 5.41) is 2.84. The number of hydrogen-bond acceptors (Lipinski definition) is 3. The van der Waals surface area contributed by atoms with Crippen LogP contribution in [0, 0.1) is 0 Å². The molecular weight excluding hydrogens is 371 g/mol. The zero-order chi connectivity index (χ0) is 20.1. The van der Waals surface area contributed by atoms with Crippen molar-refractivity contribution in [1.82, 2.24) is 10.2 Å². The van der Waals surface area contributed by atoms with Gasteiger partial charge in [-0.1, -0.05) is 24.3 Å². The van der Waals surface area contributed by atoms with Gasteiger partial charge in [0, 0.05) is 38.4 Å². The second-order valence-corrected chi connectivity index (χ2v) is 6.50. The smallest absolute Gasteiger partial charge is 0.418 e. The number of alkyl halides is 3. The number of nitrogens with zero attached hydrogens (tertiary/aromatic N) is 2. The molecule has 0 aliphatic carbocycles. The van der Waals surface area contributed by atoms with Gasteiger partial charge in [-0.05, 0) is 29.8 Å². The van der Waals surface area contributed by atoms with Gasteiger partial charge in [-0.15, -0.1) is 0 Å². The normalized spacial score (nSPS) is 14.7. The first-order chi connectivity index (χ1) is 13.4. The quantitative estimate of drug-likeness (QED) is 0.861. The van der Waals surface area contributed by atoms with E-state index >= 15 is 0 Å². The lowest BCUT2D eigenvalue weighted by Gasteiger charge is -2.37. The SMILES string of the molecule is COc1ccc(CNC(=O)N2CCN(c3ccccc3C(F)(F)F)CC2)cc1. The molecule has 0 saturated carbocycles. The molecule has 2 aromatic rings. The first kappa shape index (κ1) is 19.9. The molecule has 2 amide bonds. The maximum atomic E-state index is 13.2. The fourth-order valence-corrected chi connectivity index (χ4v) is 3.17. The summed E-state index contributed by atoms with van der Waals surface area (Å²) >= 11 is 0. The minimum absolute atomic E-state index is 0.160. The number of benzene rings is 2. The van der Waals surface area contributed by atoms with E-state index in [1.54, 1.807) is 23.0 Å². The van der Waals surface area contributed by atoms with E-state index in [1.165, 1.54) is 12.1 Å². The molecule has 0 unspecified atom stereocenters. The van der Waals surface area contributed by atoms with Crippen molar-refractivity contribution in [2.45, 2.75) is 12.7 Å². The third-order valence-corrected chi connectivity index (χ3v) is 4.72. The molecule has 1 aliphatic heterocycles. The fourth-order valence-electron chi connectivity index (χ4n) is 3.17. The second-order valence-electron chi connectivity index (χ2n) is 6.50. The number of para-hydroxylation sites is 1. The van der Waals surface area contributed by atoms with Crippen LogP contribution in [0.15, 0.2) is 48.5 Å². The van der Waals surface area contributed by atoms with Crippen molar-refractivity contribution in [3.8, 4) is 5.75 Å². The molecule has 0 spiro atoms. The number of urea groups is 1. The standard InChI is InChI=1S/C20H22F3N3O2/c1-28-16-8-6-15(7-9-16)14-24-19(27)26-12-10-25(11-13-26)18-5-3-2-4-17(18)20(21,22)23/h2-9H,10-14H2,1H3,(H,24,27). The number of hydrogen-bond donors (Lipinski definition) is 1. The minimum Gasteiger partial charge on any atom is -0.497 e. The largest absolute Gasteiger partial charge is 0.497 e. The number of methoxy groups -OCH3 is 1. The van der Waals surface area contributed by atoms with E-state index in [9.17, 15) is 18.0 Å². The Morgan fingerprint density at radius 1 is 1.04 bits per heavy atom. The maximum Gasteiger partial charge on any atom is 0.418 e. The van der Waals surface area contributed by atoms with Crippen LogP contribution in [0.1, 0.15) is 11.1 Å². The predicted octanol–water partition coefficient (Wildman–Crippen LogP) is 3.75. The molecular formula is C20H22F3N3O2. The molecule has 8 heteroatoms. The van der Waals surface area contributed by atoms with Crippen molar-refractivity contribution in [1.29, 1.82) is 0 Å². The molecule has 1 saturated heterocycles. The highest BCUT2D eigenvalue weighted by molar-refractivity contribution is 5.74. The molecule has 0 bridgehead atoms. The topological polar surface area (TPSA) is 44.8 Å². The molecule has 3 rings (SSSR count). The second kappa shape index (κ2) is 8.41. The summed E-state index contributed by atoms with van der Waals surface area (Å²) in [5.41, 5.74) is 0.451. The van der Waals surface area contributed by atoms with E-state index in [0.717, 1.165) is 17.4 Å². The Kier molecular flexibility index (Phi) is 5.96. The Morgan fingerprint density at radius 2 is 1.68 bits per heavy atom. The zero-order valence-electron chi connectivity index (χ0n) is 15.5. The summed E-state index contributed by atoms with van der Waals surface area (Å²) in [6.07, 6.45) is -4.40. The van der Waals surface area contributed by atoms with E-state index in [4.69, 9.17) is 4.74 Å². The summed E-state index contributed by atoms with van der Waals surface area (Å²) in [6.45, 7) is 1.80. The van der Waals surface area contributed by atoms with Crippen molar-refractivity contribution < 1.29 is 22.7 Å². The number of anilines is 1. The van der Waals surface area contributed by atoms with Gasteiger partial charge in [0.25, 0.3) is 0 Å². The van der Waals surface area contributed by atoms with E-state index in [0.29, 0.717) is 32.7 Å². The lowest BCUT2D eigenvalue weighted by Crippen LogP contribution is -2.52. The summed E-state index contributed by atoms with van der Waals surface area (Å²) in [4.78, 5) is 15.7. The first-order valence-electron chi connectivity index (χ1n) is 8.95. The van der Waals surface area contributed by atoms with Crippen molar-refractivity contribution in [3.05, 3.63) is 59.7 Å². The Morgan fingerprint density at radius 3 is 2.29 bits per heavy atom. The molecule has 1 fully saturated rings. The van der Waals surface area contributed by atoms with Crippen molar-refractivity contribution in [3.63, 3.8) is 0 Å². The maximum absolute atomic E-state index is 13.2. The lowest BCUT2D eigenvalue weighted by atomic mass is 10.1. The van der Waals surface area contributed by atoms with Crippen LogP contribution < -0.4 is 15.0 Å². The molecule has 28 heavy (non-hydrogen) atoms. The number of rotatable bonds is 4. The fraction of sp³-hybridized carbons (Fsp3) is 0.350. The summed E-state index contributed by atoms with van der Waals surface area (Å²) in [7, 11) is 1.59. The Balaban J connectivity index is 1.54. The van der Waals surface area contributed by atoms with Crippen LogP contribution in [0.25, 0.3) is 0 Å². The number of piperazine rings is 1. The molecule has 1 N–H and O–H groups in total. The third-order valence-electron chi connectivity index (χ3n) is 4.72. The van der Waals surface area contributed by atoms with E-state index < -0.39 is 11.7 Å². The van der Waals surface area contributed by atoms with E-state index in [-0.39, 0.29) is 11.7 Å². The van der Waals surface area contributed by atoms with Gasteiger partial charge in [0.15, 0.2) is 0 Å². The van der Waals surface area contributed by atoms with Gasteiger partial charge in [0.1, 0.15) is 5.75 Å². The van der Waals surface area contributed by atoms with Crippen molar-refractivity contribution in [2.24, 2.45) is 0 Å². The first-order valence-corrected chi connectivity index (χ1v) is 8.95. The van der Waals surface area contributed by atoms with Gasteiger partial charge >= 0.3 is 12.2 Å². The number of carbonyl (C=O) groups is 1. The number of carbonyl (C=O) groups excluding carboxylic acids is 1. The molecule has 150 valence electrons. The van der Waals surface area contributed by atoms with Gasteiger partial charge in [-0.2, -0.15) is 13.2 Å². The number of ether oxygens (including phenoxy) is 1. The van der Waals surface area contributed by atoms with Crippen LogP contribution in [-0.2, 0) is 12.7 Å². The van der Waals surface area contributed by atoms with Crippen molar-refractivity contribution >= 4 is 11.7 Å². The summed E-state index contributed by atoms with van der Waals surface area (Å²) < 4.78 is 44.7. The Hall–Kier alpha value is -2.90. The van der Waals surface area contributed by atoms with Crippen molar-refractivity contribution in [2.75, 3.05) is 38.2 Å². The predicted molar refractivity (Wildman–Crippen MR) is 100 cm³/mol. The highest BCUT2D eigenvalue weighted by atomic mass is 19.4. The molecule has 0 aromatic heterocycles. The zero-order valence-corrected chi connectivity index (χ0v) is 15.5. The monoisotopic (exact) mass is 393 g/mol. The number of nitrogens with one attached hydrogen (secondary N) is 1. The van der Waals surface area contributed by atoms with Gasteiger partial charge < -0.3 is 19.9 Å². The Labute approximate surface area is 161 Å². The van der Waals surface area contributed by atoms with Crippen LogP contribution in [0.3, 0.4) is 0 Å². The van der Waals surface area contributed by atoms with Gasteiger partial charge in [0.05, 0.1) is 12.7 Å². The highest BCUT2D eigenvalue weighted by Crippen LogP contribution is 2.36. The molecule has 1 heterocycles. The Bertz CT molecular complexity index is 801. The molecule has 5 nitrogen and oxygen atoms in total. The summed E-state index contributed by atoms with van der Waals surface area (Å²) in [6, 6.07) is 12.7. The highest BCUT2D eigenvalue weighted by Gasteiger charge is 2.35. The molecule has 0 atom stereocenters. The van der Waals surface area contributed by atoms with Crippen LogP contribution in [0.4, 0.5) is 23.7 Å². The molecule has 2 aromatic carbocycles. The lowest BCUT2D eigenvalue weighted by molar-refractivity contribution is -0.137.